The van der Waals surface area contributed by atoms with E-state index in [1.165, 1.54) is 0 Å². The van der Waals surface area contributed by atoms with Crippen LogP contribution in [0, 0.1) is 0 Å². The molecule has 2 fully saturated rings. The molecule has 6 nitrogen and oxygen atoms in total. The molecular weight excluding hydrogens is 258 g/mol. The number of nitrogens with zero attached hydrogens (tertiary/aromatic N) is 3. The maximum Gasteiger partial charge on any atom is 0.245 e. The number of hydrogen-bond donors (Lipinski definition) is 0. The molecule has 1 aromatic rings. The van der Waals surface area contributed by atoms with E-state index in [0.29, 0.717) is 31.9 Å². The molecular formula is C14H19N3O3. The van der Waals surface area contributed by atoms with Gasteiger partial charge in [0.05, 0.1) is 12.7 Å². The molecule has 1 unspecified atom stereocenters. The SMILES string of the molecule is CCc1cnc(CN2CCC(=O)N3CCCC3C2=O)o1. The average Bonchev–Trinajstić information content (AvgIpc) is 3.08. The lowest BCUT2D eigenvalue weighted by atomic mass is 10.2. The Balaban J connectivity index is 1.75. The number of carbonyl (C=O) groups excluding carboxylic acids is 2. The van der Waals surface area contributed by atoms with E-state index in [9.17, 15) is 9.59 Å². The van der Waals surface area contributed by atoms with Gasteiger partial charge in [-0.05, 0) is 12.8 Å². The van der Waals surface area contributed by atoms with Gasteiger partial charge in [0, 0.05) is 25.9 Å². The molecule has 1 aromatic heterocycles. The summed E-state index contributed by atoms with van der Waals surface area (Å²) >= 11 is 0. The van der Waals surface area contributed by atoms with E-state index in [4.69, 9.17) is 4.42 Å². The van der Waals surface area contributed by atoms with Gasteiger partial charge in [-0.15, -0.1) is 0 Å². The van der Waals surface area contributed by atoms with E-state index in [2.05, 4.69) is 4.98 Å². The zero-order chi connectivity index (χ0) is 14.1. The molecule has 2 aliphatic heterocycles. The topological polar surface area (TPSA) is 66.7 Å². The molecule has 0 bridgehead atoms. The van der Waals surface area contributed by atoms with Crippen LogP contribution in [-0.4, -0.2) is 45.7 Å². The number of hydrogen-bond acceptors (Lipinski definition) is 4. The minimum atomic E-state index is -0.273. The first kappa shape index (κ1) is 13.1. The van der Waals surface area contributed by atoms with Gasteiger partial charge >= 0.3 is 0 Å². The van der Waals surface area contributed by atoms with Crippen molar-refractivity contribution in [3.05, 3.63) is 17.8 Å². The number of aromatic nitrogens is 1. The number of amides is 2. The van der Waals surface area contributed by atoms with Gasteiger partial charge in [0.15, 0.2) is 0 Å². The molecule has 6 heteroatoms. The Morgan fingerprint density at radius 3 is 3.00 bits per heavy atom. The smallest absolute Gasteiger partial charge is 0.245 e. The molecule has 3 rings (SSSR count). The van der Waals surface area contributed by atoms with E-state index >= 15 is 0 Å². The second-order valence-electron chi connectivity index (χ2n) is 5.33. The Kier molecular flexibility index (Phi) is 3.46. The number of fused-ring (bicyclic) bond motifs is 1. The molecule has 0 N–H and O–H groups in total. The van der Waals surface area contributed by atoms with Crippen LogP contribution >= 0.6 is 0 Å². The van der Waals surface area contributed by atoms with Gasteiger partial charge in [-0.1, -0.05) is 6.92 Å². The zero-order valence-electron chi connectivity index (χ0n) is 11.7. The van der Waals surface area contributed by atoms with Crippen molar-refractivity contribution in [3.63, 3.8) is 0 Å². The van der Waals surface area contributed by atoms with Gasteiger partial charge in [-0.25, -0.2) is 4.98 Å². The summed E-state index contributed by atoms with van der Waals surface area (Å²) in [6.45, 7) is 3.52. The monoisotopic (exact) mass is 277 g/mol. The van der Waals surface area contributed by atoms with Crippen molar-refractivity contribution in [1.82, 2.24) is 14.8 Å². The Morgan fingerprint density at radius 2 is 2.25 bits per heavy atom. The minimum absolute atomic E-state index is 0.0320. The molecule has 0 aliphatic carbocycles. The molecule has 0 saturated carbocycles. The number of aryl methyl sites for hydroxylation is 1. The fourth-order valence-electron chi connectivity index (χ4n) is 2.92. The maximum absolute atomic E-state index is 12.5. The normalized spacial score (nSPS) is 23.1. The highest BCUT2D eigenvalue weighted by Crippen LogP contribution is 2.24. The van der Waals surface area contributed by atoms with Crippen LogP contribution in [0.15, 0.2) is 10.6 Å². The lowest BCUT2D eigenvalue weighted by Crippen LogP contribution is -2.43. The van der Waals surface area contributed by atoms with Crippen LogP contribution in [0.4, 0.5) is 0 Å². The first-order chi connectivity index (χ1) is 9.69. The maximum atomic E-state index is 12.5. The van der Waals surface area contributed by atoms with Crippen molar-refractivity contribution in [3.8, 4) is 0 Å². The van der Waals surface area contributed by atoms with Crippen LogP contribution in [0.5, 0.6) is 0 Å². The average molecular weight is 277 g/mol. The summed E-state index contributed by atoms with van der Waals surface area (Å²) in [6.07, 6.45) is 4.56. The standard InChI is InChI=1S/C14H19N3O3/c1-2-10-8-15-12(20-10)9-16-7-5-13(18)17-6-3-4-11(17)14(16)19/h8,11H,2-7,9H2,1H3. The van der Waals surface area contributed by atoms with Crippen molar-refractivity contribution < 1.29 is 14.0 Å². The van der Waals surface area contributed by atoms with Crippen molar-refractivity contribution in [1.29, 1.82) is 0 Å². The fraction of sp³-hybridized carbons (Fsp3) is 0.643. The summed E-state index contributed by atoms with van der Waals surface area (Å²) in [7, 11) is 0. The molecule has 20 heavy (non-hydrogen) atoms. The second kappa shape index (κ2) is 5.26. The number of carbonyl (C=O) groups is 2. The lowest BCUT2D eigenvalue weighted by Gasteiger charge is -2.24. The first-order valence-electron chi connectivity index (χ1n) is 7.21. The molecule has 108 valence electrons. The molecule has 0 radical (unpaired) electrons. The summed E-state index contributed by atoms with van der Waals surface area (Å²) in [6, 6.07) is -0.273. The molecule has 2 aliphatic rings. The molecule has 3 heterocycles. The summed E-state index contributed by atoms with van der Waals surface area (Å²) in [4.78, 5) is 32.1. The van der Waals surface area contributed by atoms with Crippen LogP contribution < -0.4 is 0 Å². The minimum Gasteiger partial charge on any atom is -0.444 e. The van der Waals surface area contributed by atoms with Crippen LogP contribution in [0.2, 0.25) is 0 Å². The van der Waals surface area contributed by atoms with Crippen molar-refractivity contribution in [2.75, 3.05) is 13.1 Å². The van der Waals surface area contributed by atoms with Gasteiger partial charge in [-0.2, -0.15) is 0 Å². The van der Waals surface area contributed by atoms with E-state index in [1.807, 2.05) is 6.92 Å². The molecule has 2 saturated heterocycles. The Labute approximate surface area is 117 Å². The molecule has 2 amide bonds. The predicted octanol–water partition coefficient (Wildman–Crippen LogP) is 0.960. The van der Waals surface area contributed by atoms with Gasteiger partial charge in [0.1, 0.15) is 11.8 Å². The predicted molar refractivity (Wildman–Crippen MR) is 70.7 cm³/mol. The van der Waals surface area contributed by atoms with E-state index in [0.717, 1.165) is 25.0 Å². The quantitative estimate of drug-likeness (QED) is 0.825. The third-order valence-electron chi connectivity index (χ3n) is 4.04. The van der Waals surface area contributed by atoms with Crippen LogP contribution in [0.3, 0.4) is 0 Å². The van der Waals surface area contributed by atoms with Crippen LogP contribution in [0.25, 0.3) is 0 Å². The largest absolute Gasteiger partial charge is 0.444 e. The van der Waals surface area contributed by atoms with Crippen LogP contribution in [0.1, 0.15) is 37.8 Å². The van der Waals surface area contributed by atoms with Gasteiger partial charge in [0.25, 0.3) is 0 Å². The van der Waals surface area contributed by atoms with Gasteiger partial charge < -0.3 is 14.2 Å². The van der Waals surface area contributed by atoms with Crippen molar-refractivity contribution in [2.24, 2.45) is 0 Å². The highest BCUT2D eigenvalue weighted by atomic mass is 16.4. The Bertz CT molecular complexity index is 525. The summed E-state index contributed by atoms with van der Waals surface area (Å²) < 4.78 is 5.56. The molecule has 1 atom stereocenters. The van der Waals surface area contributed by atoms with Crippen molar-refractivity contribution >= 4 is 11.8 Å². The lowest BCUT2D eigenvalue weighted by molar-refractivity contribution is -0.139. The number of oxazole rings is 1. The van der Waals surface area contributed by atoms with E-state index in [1.54, 1.807) is 16.0 Å². The van der Waals surface area contributed by atoms with Gasteiger partial charge in [0.2, 0.25) is 17.7 Å². The molecule has 0 aromatic carbocycles. The van der Waals surface area contributed by atoms with E-state index in [-0.39, 0.29) is 17.9 Å². The molecule has 0 spiro atoms. The Morgan fingerprint density at radius 1 is 1.40 bits per heavy atom. The third kappa shape index (κ3) is 2.30. The van der Waals surface area contributed by atoms with Crippen molar-refractivity contribution in [2.45, 2.75) is 45.2 Å². The van der Waals surface area contributed by atoms with Gasteiger partial charge in [-0.3, -0.25) is 9.59 Å². The Hall–Kier alpha value is -1.85. The highest BCUT2D eigenvalue weighted by molar-refractivity contribution is 5.90. The zero-order valence-corrected chi connectivity index (χ0v) is 11.7. The fourth-order valence-corrected chi connectivity index (χ4v) is 2.92. The van der Waals surface area contributed by atoms with E-state index < -0.39 is 0 Å². The second-order valence-corrected chi connectivity index (χ2v) is 5.33. The highest BCUT2D eigenvalue weighted by Gasteiger charge is 2.39. The number of rotatable bonds is 3. The third-order valence-corrected chi connectivity index (χ3v) is 4.04. The first-order valence-corrected chi connectivity index (χ1v) is 7.21. The summed E-state index contributed by atoms with van der Waals surface area (Å²) in [5.74, 6) is 1.49. The summed E-state index contributed by atoms with van der Waals surface area (Å²) in [5, 5.41) is 0. The summed E-state index contributed by atoms with van der Waals surface area (Å²) in [5.41, 5.74) is 0. The van der Waals surface area contributed by atoms with Crippen LogP contribution in [-0.2, 0) is 22.6 Å².